The van der Waals surface area contributed by atoms with Gasteiger partial charge in [0.2, 0.25) is 0 Å². The number of aryl methyl sites for hydroxylation is 1. The predicted octanol–water partition coefficient (Wildman–Crippen LogP) is 1.10. The monoisotopic (exact) mass is 164 g/mol. The van der Waals surface area contributed by atoms with Gasteiger partial charge in [0, 0.05) is 6.07 Å². The molecule has 2 N–H and O–H groups in total. The lowest BCUT2D eigenvalue weighted by Crippen LogP contribution is -1.93. The molecule has 0 heterocycles. The fourth-order valence-corrected chi connectivity index (χ4v) is 1.17. The van der Waals surface area contributed by atoms with Crippen LogP contribution in [0.1, 0.15) is 23.9 Å². The molecule has 1 aromatic carbocycles. The van der Waals surface area contributed by atoms with Crippen LogP contribution in [0.5, 0.6) is 11.5 Å². The van der Waals surface area contributed by atoms with E-state index in [2.05, 4.69) is 0 Å². The van der Waals surface area contributed by atoms with Crippen molar-refractivity contribution in [1.29, 1.82) is 0 Å². The molecule has 1 aromatic rings. The molecule has 0 aliphatic rings. The maximum absolute atomic E-state index is 9.43. The smallest absolute Gasteiger partial charge is 0.122 e. The standard InChI is InChI=1S/C9H13BO2/c1-5-3-7(6(2)10)9(12)4-8(5)11/h3-4,6,11-12H,10H2,1-2H3. The summed E-state index contributed by atoms with van der Waals surface area (Å²) >= 11 is 0. The average molecular weight is 164 g/mol. The molecule has 0 radical (unpaired) electrons. The first-order valence-corrected chi connectivity index (χ1v) is 4.05. The Morgan fingerprint density at radius 2 is 1.83 bits per heavy atom. The summed E-state index contributed by atoms with van der Waals surface area (Å²) < 4.78 is 0. The number of hydrogen-bond donors (Lipinski definition) is 2. The third-order valence-electron chi connectivity index (χ3n) is 1.97. The SMILES string of the molecule is BC(C)c1cc(C)c(O)cc1O. The molecule has 1 unspecified atom stereocenters. The van der Waals surface area contributed by atoms with Crippen molar-refractivity contribution in [2.75, 3.05) is 0 Å². The minimum Gasteiger partial charge on any atom is -0.508 e. The Morgan fingerprint density at radius 1 is 1.25 bits per heavy atom. The van der Waals surface area contributed by atoms with E-state index in [9.17, 15) is 10.2 Å². The topological polar surface area (TPSA) is 40.5 Å². The highest BCUT2D eigenvalue weighted by molar-refractivity contribution is 6.12. The average Bonchev–Trinajstić information content (AvgIpc) is 1.96. The summed E-state index contributed by atoms with van der Waals surface area (Å²) in [6.45, 7) is 3.83. The van der Waals surface area contributed by atoms with Crippen molar-refractivity contribution in [2.24, 2.45) is 0 Å². The molecule has 0 bridgehead atoms. The quantitative estimate of drug-likeness (QED) is 0.610. The number of hydrogen-bond acceptors (Lipinski definition) is 2. The number of phenolic OH excluding ortho intramolecular Hbond substituents is 2. The molecule has 0 aliphatic heterocycles. The molecule has 2 nitrogen and oxygen atoms in total. The van der Waals surface area contributed by atoms with Gasteiger partial charge in [0.1, 0.15) is 19.3 Å². The van der Waals surface area contributed by atoms with Crippen molar-refractivity contribution in [3.05, 3.63) is 23.3 Å². The van der Waals surface area contributed by atoms with Gasteiger partial charge < -0.3 is 10.2 Å². The van der Waals surface area contributed by atoms with Crippen molar-refractivity contribution in [3.63, 3.8) is 0 Å². The molecule has 0 fully saturated rings. The number of rotatable bonds is 1. The van der Waals surface area contributed by atoms with E-state index < -0.39 is 0 Å². The number of benzene rings is 1. The summed E-state index contributed by atoms with van der Waals surface area (Å²) in [4.78, 5) is 0. The van der Waals surface area contributed by atoms with E-state index in [0.717, 1.165) is 11.1 Å². The third-order valence-corrected chi connectivity index (χ3v) is 1.97. The lowest BCUT2D eigenvalue weighted by atomic mass is 9.82. The lowest BCUT2D eigenvalue weighted by molar-refractivity contribution is 0.443. The van der Waals surface area contributed by atoms with Crippen LogP contribution in [0.2, 0.25) is 0 Å². The molecule has 0 amide bonds. The van der Waals surface area contributed by atoms with Crippen molar-refractivity contribution in [2.45, 2.75) is 19.7 Å². The van der Waals surface area contributed by atoms with Gasteiger partial charge in [-0.25, -0.2) is 0 Å². The van der Waals surface area contributed by atoms with E-state index in [1.807, 2.05) is 27.8 Å². The summed E-state index contributed by atoms with van der Waals surface area (Å²) in [6.07, 6.45) is 0. The normalized spacial score (nSPS) is 12.8. The minimum absolute atomic E-state index is 0.150. The van der Waals surface area contributed by atoms with E-state index >= 15 is 0 Å². The Labute approximate surface area is 73.3 Å². The molecule has 0 saturated carbocycles. The molecule has 0 aliphatic carbocycles. The second-order valence-electron chi connectivity index (χ2n) is 3.35. The van der Waals surface area contributed by atoms with Crippen LogP contribution in [-0.2, 0) is 0 Å². The second-order valence-corrected chi connectivity index (χ2v) is 3.35. The summed E-state index contributed by atoms with van der Waals surface area (Å²) in [6, 6.07) is 3.21. The minimum atomic E-state index is 0.150. The van der Waals surface area contributed by atoms with Crippen LogP contribution in [0.3, 0.4) is 0 Å². The van der Waals surface area contributed by atoms with Crippen LogP contribution in [0, 0.1) is 6.92 Å². The first kappa shape index (κ1) is 8.98. The molecule has 0 saturated heterocycles. The van der Waals surface area contributed by atoms with E-state index in [0.29, 0.717) is 0 Å². The fourth-order valence-electron chi connectivity index (χ4n) is 1.17. The van der Waals surface area contributed by atoms with Gasteiger partial charge in [-0.05, 0) is 29.9 Å². The maximum atomic E-state index is 9.43. The molecular formula is C9H13BO2. The zero-order chi connectivity index (χ0) is 9.30. The van der Waals surface area contributed by atoms with Crippen LogP contribution in [0.4, 0.5) is 0 Å². The van der Waals surface area contributed by atoms with Gasteiger partial charge in [-0.1, -0.05) is 6.92 Å². The fraction of sp³-hybridized carbons (Fsp3) is 0.333. The molecule has 64 valence electrons. The van der Waals surface area contributed by atoms with Crippen LogP contribution in [0.25, 0.3) is 0 Å². The van der Waals surface area contributed by atoms with Gasteiger partial charge in [-0.3, -0.25) is 0 Å². The van der Waals surface area contributed by atoms with Gasteiger partial charge in [0.05, 0.1) is 0 Å². The first-order valence-electron chi connectivity index (χ1n) is 4.05. The lowest BCUT2D eigenvalue weighted by Gasteiger charge is -2.09. The molecule has 0 spiro atoms. The maximum Gasteiger partial charge on any atom is 0.122 e. The van der Waals surface area contributed by atoms with Crippen LogP contribution >= 0.6 is 0 Å². The molecule has 0 aromatic heterocycles. The van der Waals surface area contributed by atoms with E-state index in [1.54, 1.807) is 0 Å². The zero-order valence-corrected chi connectivity index (χ0v) is 7.63. The van der Waals surface area contributed by atoms with Gasteiger partial charge >= 0.3 is 0 Å². The van der Waals surface area contributed by atoms with E-state index in [4.69, 9.17) is 0 Å². The highest BCUT2D eigenvalue weighted by Gasteiger charge is 2.08. The van der Waals surface area contributed by atoms with Gasteiger partial charge in [0.25, 0.3) is 0 Å². The summed E-state index contributed by atoms with van der Waals surface area (Å²) in [7, 11) is 2.01. The van der Waals surface area contributed by atoms with Crippen LogP contribution in [-0.4, -0.2) is 18.1 Å². The number of aromatic hydroxyl groups is 2. The Hall–Kier alpha value is -1.12. The number of phenols is 2. The van der Waals surface area contributed by atoms with Crippen molar-refractivity contribution >= 4 is 7.85 Å². The Kier molecular flexibility index (Phi) is 2.31. The predicted molar refractivity (Wildman–Crippen MR) is 51.5 cm³/mol. The highest BCUT2D eigenvalue weighted by atomic mass is 16.3. The summed E-state index contributed by atoms with van der Waals surface area (Å²) in [5.41, 5.74) is 1.68. The molecule has 3 heteroatoms. The first-order chi connectivity index (χ1) is 5.52. The van der Waals surface area contributed by atoms with E-state index in [1.165, 1.54) is 6.07 Å². The van der Waals surface area contributed by atoms with Crippen molar-refractivity contribution in [1.82, 2.24) is 0 Å². The van der Waals surface area contributed by atoms with Crippen LogP contribution in [0.15, 0.2) is 12.1 Å². The summed E-state index contributed by atoms with van der Waals surface area (Å²) in [5, 5.41) is 18.7. The Balaban J connectivity index is 3.23. The second kappa shape index (κ2) is 3.09. The Morgan fingerprint density at radius 3 is 2.33 bits per heavy atom. The van der Waals surface area contributed by atoms with Gasteiger partial charge in [-0.15, -0.1) is 0 Å². The van der Waals surface area contributed by atoms with Gasteiger partial charge in [0.15, 0.2) is 0 Å². The van der Waals surface area contributed by atoms with Crippen molar-refractivity contribution in [3.8, 4) is 11.5 Å². The Bertz CT molecular complexity index is 295. The van der Waals surface area contributed by atoms with Crippen LogP contribution < -0.4 is 0 Å². The van der Waals surface area contributed by atoms with Crippen molar-refractivity contribution < 1.29 is 10.2 Å². The molecule has 1 atom stereocenters. The largest absolute Gasteiger partial charge is 0.508 e. The summed E-state index contributed by atoms with van der Waals surface area (Å²) in [5.74, 6) is 0.606. The molecular weight excluding hydrogens is 151 g/mol. The van der Waals surface area contributed by atoms with Gasteiger partial charge in [-0.2, -0.15) is 0 Å². The molecule has 1 rings (SSSR count). The third kappa shape index (κ3) is 1.55. The zero-order valence-electron chi connectivity index (χ0n) is 7.63. The molecule has 12 heavy (non-hydrogen) atoms. The highest BCUT2D eigenvalue weighted by Crippen LogP contribution is 2.30. The van der Waals surface area contributed by atoms with E-state index in [-0.39, 0.29) is 17.3 Å².